The first kappa shape index (κ1) is 17.8. The number of nitrogens with one attached hydrogen (secondary N) is 1. The summed E-state index contributed by atoms with van der Waals surface area (Å²) in [6, 6.07) is 16.2. The second-order valence-corrected chi connectivity index (χ2v) is 8.13. The molecule has 0 radical (unpaired) electrons. The van der Waals surface area contributed by atoms with Crippen molar-refractivity contribution in [2.45, 2.75) is 30.8 Å². The molecule has 6 heteroatoms. The number of rotatable bonds is 6. The van der Waals surface area contributed by atoms with Crippen LogP contribution in [0.4, 0.5) is 0 Å². The number of sulfonamides is 1. The molecule has 1 unspecified atom stereocenters. The van der Waals surface area contributed by atoms with Crippen molar-refractivity contribution in [2.75, 3.05) is 13.1 Å². The molecule has 132 valence electrons. The van der Waals surface area contributed by atoms with Gasteiger partial charge in [0, 0.05) is 31.2 Å². The minimum absolute atomic E-state index is 0.116. The van der Waals surface area contributed by atoms with Crippen LogP contribution in [0.5, 0.6) is 0 Å². The monoisotopic (exact) mass is 358 g/mol. The molecule has 2 aromatic carbocycles. The minimum atomic E-state index is -3.62. The highest BCUT2D eigenvalue weighted by atomic mass is 32.2. The Morgan fingerprint density at radius 2 is 1.92 bits per heavy atom. The standard InChI is InChI=1S/C19H22N2O3S/c1-15(22)17-8-5-9-19(12-17)25(23,24)20-18-10-11-21(14-18)13-16-6-3-2-4-7-16/h2-9,12,18,20H,10-11,13-14H2,1H3. The van der Waals surface area contributed by atoms with Crippen LogP contribution in [0.3, 0.4) is 0 Å². The fraction of sp³-hybridized carbons (Fsp3) is 0.316. The van der Waals surface area contributed by atoms with Crippen molar-refractivity contribution in [3.63, 3.8) is 0 Å². The normalized spacial score (nSPS) is 18.4. The predicted molar refractivity (Wildman–Crippen MR) is 96.9 cm³/mol. The van der Waals surface area contributed by atoms with E-state index in [-0.39, 0.29) is 16.7 Å². The zero-order valence-corrected chi connectivity index (χ0v) is 15.0. The molecular weight excluding hydrogens is 336 g/mol. The Labute approximate surface area is 148 Å². The third-order valence-corrected chi connectivity index (χ3v) is 5.91. The van der Waals surface area contributed by atoms with Gasteiger partial charge in [-0.25, -0.2) is 13.1 Å². The van der Waals surface area contributed by atoms with Crippen molar-refractivity contribution in [3.05, 3.63) is 65.7 Å². The highest BCUT2D eigenvalue weighted by Crippen LogP contribution is 2.17. The van der Waals surface area contributed by atoms with E-state index < -0.39 is 10.0 Å². The molecule has 0 spiro atoms. The molecule has 1 atom stereocenters. The van der Waals surface area contributed by atoms with Crippen LogP contribution in [0.25, 0.3) is 0 Å². The number of carbonyl (C=O) groups is 1. The lowest BCUT2D eigenvalue weighted by atomic mass is 10.2. The number of carbonyl (C=O) groups excluding carboxylic acids is 1. The van der Waals surface area contributed by atoms with Crippen LogP contribution < -0.4 is 4.72 Å². The average Bonchev–Trinajstić information content (AvgIpc) is 3.02. The van der Waals surface area contributed by atoms with Gasteiger partial charge in [-0.3, -0.25) is 9.69 Å². The van der Waals surface area contributed by atoms with Gasteiger partial charge in [0.2, 0.25) is 10.0 Å². The molecule has 3 rings (SSSR count). The molecule has 25 heavy (non-hydrogen) atoms. The summed E-state index contributed by atoms with van der Waals surface area (Å²) in [5.41, 5.74) is 1.63. The Hall–Kier alpha value is -2.02. The smallest absolute Gasteiger partial charge is 0.240 e. The predicted octanol–water partition coefficient (Wildman–Crippen LogP) is 2.44. The molecule has 1 N–H and O–H groups in total. The molecule has 1 saturated heterocycles. The number of hydrogen-bond donors (Lipinski definition) is 1. The largest absolute Gasteiger partial charge is 0.297 e. The molecule has 1 fully saturated rings. The lowest BCUT2D eigenvalue weighted by Crippen LogP contribution is -2.37. The van der Waals surface area contributed by atoms with E-state index in [0.717, 1.165) is 19.5 Å². The van der Waals surface area contributed by atoms with Gasteiger partial charge >= 0.3 is 0 Å². The van der Waals surface area contributed by atoms with Crippen LogP contribution >= 0.6 is 0 Å². The van der Waals surface area contributed by atoms with Crippen molar-refractivity contribution in [3.8, 4) is 0 Å². The second-order valence-electron chi connectivity index (χ2n) is 6.41. The quantitative estimate of drug-likeness (QED) is 0.806. The van der Waals surface area contributed by atoms with Crippen LogP contribution in [0.15, 0.2) is 59.5 Å². The molecule has 0 aliphatic carbocycles. The van der Waals surface area contributed by atoms with Crippen LogP contribution in [-0.2, 0) is 16.6 Å². The number of Topliss-reactive ketones (excluding diaryl/α,β-unsaturated/α-hetero) is 1. The summed E-state index contributed by atoms with van der Waals surface area (Å²) in [4.78, 5) is 13.8. The lowest BCUT2D eigenvalue weighted by molar-refractivity contribution is 0.101. The number of benzene rings is 2. The number of likely N-dealkylation sites (tertiary alicyclic amines) is 1. The van der Waals surface area contributed by atoms with Crippen molar-refractivity contribution in [1.29, 1.82) is 0 Å². The Balaban J connectivity index is 1.64. The van der Waals surface area contributed by atoms with E-state index in [4.69, 9.17) is 0 Å². The molecule has 0 bridgehead atoms. The average molecular weight is 358 g/mol. The molecule has 1 aliphatic heterocycles. The van der Waals surface area contributed by atoms with Gasteiger partial charge in [-0.15, -0.1) is 0 Å². The van der Waals surface area contributed by atoms with Gasteiger partial charge in [0.25, 0.3) is 0 Å². The zero-order chi connectivity index (χ0) is 17.9. The van der Waals surface area contributed by atoms with Crippen LogP contribution in [0, 0.1) is 0 Å². The fourth-order valence-corrected chi connectivity index (χ4v) is 4.39. The molecule has 0 saturated carbocycles. The Bertz CT molecular complexity index is 850. The first-order valence-electron chi connectivity index (χ1n) is 8.34. The number of ketones is 1. The van der Waals surface area contributed by atoms with Gasteiger partial charge in [-0.05, 0) is 31.0 Å². The fourth-order valence-electron chi connectivity index (χ4n) is 3.08. The molecule has 1 heterocycles. The Morgan fingerprint density at radius 1 is 1.16 bits per heavy atom. The van der Waals surface area contributed by atoms with E-state index in [0.29, 0.717) is 12.1 Å². The Kier molecular flexibility index (Phi) is 5.32. The van der Waals surface area contributed by atoms with Crippen molar-refractivity contribution < 1.29 is 13.2 Å². The van der Waals surface area contributed by atoms with E-state index in [9.17, 15) is 13.2 Å². The zero-order valence-electron chi connectivity index (χ0n) is 14.2. The number of hydrogen-bond acceptors (Lipinski definition) is 4. The summed E-state index contributed by atoms with van der Waals surface area (Å²) in [5.74, 6) is -0.146. The molecule has 0 amide bonds. The minimum Gasteiger partial charge on any atom is -0.297 e. The van der Waals surface area contributed by atoms with Gasteiger partial charge in [0.1, 0.15) is 0 Å². The van der Waals surface area contributed by atoms with Gasteiger partial charge in [-0.2, -0.15) is 0 Å². The maximum atomic E-state index is 12.6. The van der Waals surface area contributed by atoms with E-state index >= 15 is 0 Å². The van der Waals surface area contributed by atoms with E-state index in [1.54, 1.807) is 12.1 Å². The van der Waals surface area contributed by atoms with E-state index in [1.165, 1.54) is 24.6 Å². The topological polar surface area (TPSA) is 66.5 Å². The molecular formula is C19H22N2O3S. The van der Waals surface area contributed by atoms with Crippen molar-refractivity contribution >= 4 is 15.8 Å². The van der Waals surface area contributed by atoms with Gasteiger partial charge in [-0.1, -0.05) is 42.5 Å². The van der Waals surface area contributed by atoms with Crippen LogP contribution in [0.1, 0.15) is 29.3 Å². The van der Waals surface area contributed by atoms with Crippen LogP contribution in [-0.4, -0.2) is 38.2 Å². The summed E-state index contributed by atoms with van der Waals surface area (Å²) in [6.45, 7) is 3.78. The first-order valence-corrected chi connectivity index (χ1v) is 9.82. The summed E-state index contributed by atoms with van der Waals surface area (Å²) in [7, 11) is -3.62. The van der Waals surface area contributed by atoms with Crippen molar-refractivity contribution in [1.82, 2.24) is 9.62 Å². The van der Waals surface area contributed by atoms with E-state index in [2.05, 4.69) is 21.8 Å². The summed E-state index contributed by atoms with van der Waals surface area (Å²) in [6.07, 6.45) is 0.776. The van der Waals surface area contributed by atoms with E-state index in [1.807, 2.05) is 18.2 Å². The summed E-state index contributed by atoms with van der Waals surface area (Å²) in [5, 5.41) is 0. The van der Waals surface area contributed by atoms with Gasteiger partial charge in [0.05, 0.1) is 4.90 Å². The second kappa shape index (κ2) is 7.47. The van der Waals surface area contributed by atoms with Gasteiger partial charge < -0.3 is 0 Å². The Morgan fingerprint density at radius 3 is 2.64 bits per heavy atom. The SMILES string of the molecule is CC(=O)c1cccc(S(=O)(=O)NC2CCN(Cc3ccccc3)C2)c1. The molecule has 2 aromatic rings. The summed E-state index contributed by atoms with van der Waals surface area (Å²) >= 11 is 0. The molecule has 0 aromatic heterocycles. The maximum Gasteiger partial charge on any atom is 0.240 e. The van der Waals surface area contributed by atoms with Crippen LogP contribution in [0.2, 0.25) is 0 Å². The number of nitrogens with zero attached hydrogens (tertiary/aromatic N) is 1. The molecule has 5 nitrogen and oxygen atoms in total. The highest BCUT2D eigenvalue weighted by Gasteiger charge is 2.27. The third-order valence-electron chi connectivity index (χ3n) is 4.39. The van der Waals surface area contributed by atoms with Crippen molar-refractivity contribution in [2.24, 2.45) is 0 Å². The van der Waals surface area contributed by atoms with Gasteiger partial charge in [0.15, 0.2) is 5.78 Å². The lowest BCUT2D eigenvalue weighted by Gasteiger charge is -2.17. The third kappa shape index (κ3) is 4.54. The summed E-state index contributed by atoms with van der Waals surface area (Å²) < 4.78 is 27.9. The highest BCUT2D eigenvalue weighted by molar-refractivity contribution is 7.89. The maximum absolute atomic E-state index is 12.6. The molecule has 1 aliphatic rings. The first-order chi connectivity index (χ1) is 11.9.